The van der Waals surface area contributed by atoms with Crippen LogP contribution < -0.4 is 10.2 Å². The van der Waals surface area contributed by atoms with E-state index in [4.69, 9.17) is 4.74 Å². The number of hydrogen-bond acceptors (Lipinski definition) is 5. The maximum Gasteiger partial charge on any atom is 0.239 e. The lowest BCUT2D eigenvalue weighted by Crippen LogP contribution is -2.36. The second-order valence-corrected chi connectivity index (χ2v) is 7.15. The minimum atomic E-state index is -0.0804. The molecular weight excluding hydrogens is 322 g/mol. The van der Waals surface area contributed by atoms with Gasteiger partial charge in [0.25, 0.3) is 0 Å². The standard InChI is InChI=1S/C18H19N3O2S/c22-18(16-11-13-3-1-2-4-15(13)24-16)20-17-6-5-14(12-19-17)21-7-9-23-10-8-21/h1-6,12,16H,7-11H2,(H,19,20,22). The van der Waals surface area contributed by atoms with E-state index in [0.29, 0.717) is 5.82 Å². The molecule has 1 atom stereocenters. The first-order valence-electron chi connectivity index (χ1n) is 8.14. The Labute approximate surface area is 145 Å². The SMILES string of the molecule is O=C(Nc1ccc(N2CCOCC2)cn1)C1Cc2ccccc2S1. The van der Waals surface area contributed by atoms with Gasteiger partial charge < -0.3 is 15.0 Å². The quantitative estimate of drug-likeness (QED) is 0.930. The van der Waals surface area contributed by atoms with Gasteiger partial charge in [-0.1, -0.05) is 18.2 Å². The molecule has 1 fully saturated rings. The molecule has 0 bridgehead atoms. The third-order valence-electron chi connectivity index (χ3n) is 4.31. The van der Waals surface area contributed by atoms with Crippen molar-refractivity contribution >= 4 is 29.2 Å². The molecule has 1 aromatic heterocycles. The number of amides is 1. The first-order valence-corrected chi connectivity index (χ1v) is 9.02. The number of nitrogens with zero attached hydrogens (tertiary/aromatic N) is 2. The highest BCUT2D eigenvalue weighted by molar-refractivity contribution is 8.01. The van der Waals surface area contributed by atoms with Crippen molar-refractivity contribution in [3.05, 3.63) is 48.2 Å². The zero-order chi connectivity index (χ0) is 16.4. The smallest absolute Gasteiger partial charge is 0.239 e. The Hall–Kier alpha value is -2.05. The van der Waals surface area contributed by atoms with Crippen LogP contribution in [0.15, 0.2) is 47.5 Å². The van der Waals surface area contributed by atoms with Crippen LogP contribution in [-0.4, -0.2) is 42.4 Å². The van der Waals surface area contributed by atoms with Crippen LogP contribution in [0.25, 0.3) is 0 Å². The van der Waals surface area contributed by atoms with E-state index in [9.17, 15) is 4.79 Å². The van der Waals surface area contributed by atoms with Gasteiger partial charge in [0.15, 0.2) is 0 Å². The number of ether oxygens (including phenoxy) is 1. The van der Waals surface area contributed by atoms with E-state index in [1.165, 1.54) is 10.5 Å². The molecule has 1 amide bonds. The average Bonchev–Trinajstić information content (AvgIpc) is 3.07. The van der Waals surface area contributed by atoms with Crippen LogP contribution >= 0.6 is 11.8 Å². The summed E-state index contributed by atoms with van der Waals surface area (Å²) in [4.78, 5) is 20.3. The number of pyridine rings is 1. The van der Waals surface area contributed by atoms with E-state index in [0.717, 1.165) is 38.4 Å². The number of anilines is 2. The third-order valence-corrected chi connectivity index (χ3v) is 5.63. The molecule has 0 saturated carbocycles. The Balaban J connectivity index is 1.38. The zero-order valence-corrected chi connectivity index (χ0v) is 14.1. The van der Waals surface area contributed by atoms with E-state index in [1.807, 2.05) is 30.5 Å². The van der Waals surface area contributed by atoms with E-state index in [2.05, 4.69) is 27.3 Å². The number of thioether (sulfide) groups is 1. The lowest BCUT2D eigenvalue weighted by Gasteiger charge is -2.28. The molecule has 2 aromatic rings. The number of aromatic nitrogens is 1. The highest BCUT2D eigenvalue weighted by Crippen LogP contribution is 2.37. The fourth-order valence-electron chi connectivity index (χ4n) is 3.00. The normalized spacial score (nSPS) is 19.8. The summed E-state index contributed by atoms with van der Waals surface area (Å²) in [6.07, 6.45) is 2.59. The highest BCUT2D eigenvalue weighted by atomic mass is 32.2. The molecule has 4 rings (SSSR count). The van der Waals surface area contributed by atoms with Crippen LogP contribution in [0.2, 0.25) is 0 Å². The molecule has 1 aromatic carbocycles. The lowest BCUT2D eigenvalue weighted by molar-refractivity contribution is -0.115. The largest absolute Gasteiger partial charge is 0.378 e. The lowest BCUT2D eigenvalue weighted by atomic mass is 10.1. The third kappa shape index (κ3) is 3.25. The molecule has 3 heterocycles. The van der Waals surface area contributed by atoms with Crippen molar-refractivity contribution in [1.82, 2.24) is 4.98 Å². The number of carbonyl (C=O) groups is 1. The van der Waals surface area contributed by atoms with E-state index >= 15 is 0 Å². The molecule has 1 N–H and O–H groups in total. The van der Waals surface area contributed by atoms with E-state index < -0.39 is 0 Å². The summed E-state index contributed by atoms with van der Waals surface area (Å²) in [7, 11) is 0. The maximum atomic E-state index is 12.5. The van der Waals surface area contributed by atoms with Crippen molar-refractivity contribution in [2.75, 3.05) is 36.5 Å². The molecule has 5 nitrogen and oxygen atoms in total. The molecule has 24 heavy (non-hydrogen) atoms. The van der Waals surface area contributed by atoms with E-state index in [1.54, 1.807) is 11.8 Å². The van der Waals surface area contributed by atoms with Crippen LogP contribution in [0.3, 0.4) is 0 Å². The predicted molar refractivity (Wildman–Crippen MR) is 95.7 cm³/mol. The van der Waals surface area contributed by atoms with Crippen molar-refractivity contribution in [3.8, 4) is 0 Å². The van der Waals surface area contributed by atoms with Gasteiger partial charge >= 0.3 is 0 Å². The fourth-order valence-corrected chi connectivity index (χ4v) is 4.20. The molecule has 124 valence electrons. The Kier molecular flexibility index (Phi) is 4.40. The van der Waals surface area contributed by atoms with E-state index in [-0.39, 0.29) is 11.2 Å². The topological polar surface area (TPSA) is 54.5 Å². The summed E-state index contributed by atoms with van der Waals surface area (Å²) in [5.74, 6) is 0.622. The summed E-state index contributed by atoms with van der Waals surface area (Å²) >= 11 is 1.63. The van der Waals surface area contributed by atoms with Gasteiger partial charge in [-0.25, -0.2) is 4.98 Å². The van der Waals surface area contributed by atoms with Crippen LogP contribution in [0, 0.1) is 0 Å². The van der Waals surface area contributed by atoms with Gasteiger partial charge in [0.2, 0.25) is 5.91 Å². The van der Waals surface area contributed by atoms with Gasteiger partial charge in [-0.3, -0.25) is 4.79 Å². The molecule has 1 saturated heterocycles. The number of fused-ring (bicyclic) bond motifs is 1. The first-order chi connectivity index (χ1) is 11.8. The van der Waals surface area contributed by atoms with Crippen LogP contribution in [0.4, 0.5) is 11.5 Å². The number of morpholine rings is 1. The maximum absolute atomic E-state index is 12.5. The van der Waals surface area contributed by atoms with Crippen molar-refractivity contribution in [2.24, 2.45) is 0 Å². The zero-order valence-electron chi connectivity index (χ0n) is 13.3. The van der Waals surface area contributed by atoms with Gasteiger partial charge in [0.1, 0.15) is 5.82 Å². The molecule has 0 spiro atoms. The summed E-state index contributed by atoms with van der Waals surface area (Å²) in [5.41, 5.74) is 2.32. The van der Waals surface area contributed by atoms with Crippen LogP contribution in [0.5, 0.6) is 0 Å². The van der Waals surface area contributed by atoms with Crippen molar-refractivity contribution in [1.29, 1.82) is 0 Å². The second kappa shape index (κ2) is 6.83. The van der Waals surface area contributed by atoms with Crippen molar-refractivity contribution in [2.45, 2.75) is 16.6 Å². The average molecular weight is 341 g/mol. The van der Waals surface area contributed by atoms with Gasteiger partial charge in [0.05, 0.1) is 30.3 Å². The molecule has 0 radical (unpaired) electrons. The van der Waals surface area contributed by atoms with Gasteiger partial charge in [-0.15, -0.1) is 11.8 Å². The predicted octanol–water partition coefficient (Wildman–Crippen LogP) is 2.57. The second-order valence-electron chi connectivity index (χ2n) is 5.91. The van der Waals surface area contributed by atoms with Crippen LogP contribution in [0.1, 0.15) is 5.56 Å². The van der Waals surface area contributed by atoms with Gasteiger partial charge in [0, 0.05) is 18.0 Å². The number of carbonyl (C=O) groups excluding carboxylic acids is 1. The van der Waals surface area contributed by atoms with Gasteiger partial charge in [-0.05, 0) is 30.2 Å². The number of rotatable bonds is 3. The minimum Gasteiger partial charge on any atom is -0.378 e. The monoisotopic (exact) mass is 341 g/mol. The molecule has 2 aliphatic heterocycles. The number of nitrogens with one attached hydrogen (secondary N) is 1. The highest BCUT2D eigenvalue weighted by Gasteiger charge is 2.28. The Morgan fingerprint density at radius 2 is 2.04 bits per heavy atom. The molecular formula is C18H19N3O2S. The Morgan fingerprint density at radius 1 is 1.21 bits per heavy atom. The number of hydrogen-bond donors (Lipinski definition) is 1. The Bertz CT molecular complexity index is 704. The Morgan fingerprint density at radius 3 is 2.79 bits per heavy atom. The van der Waals surface area contributed by atoms with Crippen LogP contribution in [-0.2, 0) is 16.0 Å². The summed E-state index contributed by atoms with van der Waals surface area (Å²) in [6.45, 7) is 3.25. The molecule has 0 aliphatic carbocycles. The minimum absolute atomic E-state index is 0.0165. The van der Waals surface area contributed by atoms with Crippen molar-refractivity contribution < 1.29 is 9.53 Å². The number of benzene rings is 1. The molecule has 6 heteroatoms. The summed E-state index contributed by atoms with van der Waals surface area (Å²) in [6, 6.07) is 12.1. The van der Waals surface area contributed by atoms with Crippen molar-refractivity contribution in [3.63, 3.8) is 0 Å². The molecule has 2 aliphatic rings. The first kappa shape index (κ1) is 15.5. The summed E-state index contributed by atoms with van der Waals surface area (Å²) < 4.78 is 5.36. The molecule has 1 unspecified atom stereocenters. The summed E-state index contributed by atoms with van der Waals surface area (Å²) in [5, 5.41) is 2.85. The van der Waals surface area contributed by atoms with Gasteiger partial charge in [-0.2, -0.15) is 0 Å². The fraction of sp³-hybridized carbons (Fsp3) is 0.333.